The number of hydrogen-bond donors (Lipinski definition) is 4. The summed E-state index contributed by atoms with van der Waals surface area (Å²) in [6.07, 6.45) is 5.18. The molecule has 1 aliphatic carbocycles. The zero-order valence-electron chi connectivity index (χ0n) is 30.5. The topological polar surface area (TPSA) is 90.1 Å². The fraction of sp³-hybridized carbons (Fsp3) is 0.174. The number of nitrogens with one attached hydrogen (secondary N) is 1. The molecule has 0 unspecified atom stereocenters. The molecule has 0 saturated carbocycles. The average molecular weight is 665 g/mol. The Morgan fingerprint density at radius 3 is 1.52 bits per heavy atom. The van der Waals surface area contributed by atoms with Gasteiger partial charge in [-0.2, -0.15) is 0 Å². The van der Waals surface area contributed by atoms with E-state index in [4.69, 9.17) is 11.6 Å². The molecule has 0 fully saturated rings. The highest BCUT2D eigenvalue weighted by Gasteiger charge is 2.20. The summed E-state index contributed by atoms with van der Waals surface area (Å²) in [6.45, 7) is 9.69. The molecule has 0 aliphatic heterocycles. The summed E-state index contributed by atoms with van der Waals surface area (Å²) in [4.78, 5) is 0. The maximum Gasteiger partial charge on any atom is 0.0348 e. The Kier molecular flexibility index (Phi) is 20.5. The molecule has 0 atom stereocenters. The van der Waals surface area contributed by atoms with Gasteiger partial charge in [-0.25, -0.2) is 0 Å². The molecular weight excluding hydrogens is 609 g/mol. The van der Waals surface area contributed by atoms with Crippen LogP contribution >= 0.6 is 0 Å². The average Bonchev–Trinajstić information content (AvgIpc) is 3.53. The van der Waals surface area contributed by atoms with Crippen LogP contribution in [0.1, 0.15) is 51.4 Å². The molecule has 4 nitrogen and oxygen atoms in total. The van der Waals surface area contributed by atoms with Crippen molar-refractivity contribution in [2.24, 2.45) is 17.3 Å². The number of hydrazine groups is 1. The minimum absolute atomic E-state index is 0.623. The van der Waals surface area contributed by atoms with E-state index >= 15 is 0 Å². The molecule has 0 saturated heterocycles. The third kappa shape index (κ3) is 15.4. The highest BCUT2D eigenvalue weighted by atomic mass is 15.2. The molecule has 0 spiro atoms. The van der Waals surface area contributed by atoms with E-state index in [1.165, 1.54) is 62.7 Å². The second-order valence-corrected chi connectivity index (χ2v) is 11.6. The normalized spacial score (nSPS) is 10.1. The lowest BCUT2D eigenvalue weighted by Crippen LogP contribution is -2.20. The molecule has 50 heavy (non-hydrogen) atoms. The summed E-state index contributed by atoms with van der Waals surface area (Å²) in [6, 6.07) is 53.9. The molecule has 260 valence electrons. The Morgan fingerprint density at radius 2 is 1.06 bits per heavy atom. The summed E-state index contributed by atoms with van der Waals surface area (Å²) in [5, 5.41) is 0. The molecule has 0 amide bonds. The first-order valence-electron chi connectivity index (χ1n) is 17.1. The van der Waals surface area contributed by atoms with Crippen molar-refractivity contribution in [3.63, 3.8) is 0 Å². The first-order valence-corrected chi connectivity index (χ1v) is 17.1. The van der Waals surface area contributed by atoms with Gasteiger partial charge in [0.05, 0.1) is 0 Å². The second-order valence-electron chi connectivity index (χ2n) is 11.6. The van der Waals surface area contributed by atoms with E-state index in [1.807, 2.05) is 97.9 Å². The minimum Gasteiger partial charge on any atom is -0.333 e. The summed E-state index contributed by atoms with van der Waals surface area (Å²) in [5.74, 6) is 5.11. The quantitative estimate of drug-likeness (QED) is 0.111. The van der Waals surface area contributed by atoms with Crippen LogP contribution in [0.4, 0.5) is 0 Å². The van der Waals surface area contributed by atoms with Gasteiger partial charge >= 0.3 is 0 Å². The Balaban J connectivity index is 0.000000224. The van der Waals surface area contributed by atoms with Crippen LogP contribution in [-0.2, 0) is 19.5 Å². The fourth-order valence-corrected chi connectivity index (χ4v) is 5.25. The smallest absolute Gasteiger partial charge is 0.0348 e. The molecule has 0 bridgehead atoms. The summed E-state index contributed by atoms with van der Waals surface area (Å²) in [7, 11) is 1.50. The molecule has 4 heteroatoms. The standard InChI is InChI=1S/C15H15N.C9H10.C7H10N2.2C7H8.CH5N/c1-10-6-12-8-11-4-2-3-5-14(11)15(12)13(7-10)9-16;1-2-6-9-7-4-3-5-8-9;8-9-6-7-4-2-1-3-5-7;2*1-7-5-3-2-4-6-7;1-2/h2-7H,8-9,16H2,1H3;2-8H,1H3;1-5,9H,6,8H2;2*2-6H,1H3;2H2,1H3/b;6-2-;;;;. The van der Waals surface area contributed by atoms with Gasteiger partial charge in [-0.1, -0.05) is 187 Å². The van der Waals surface area contributed by atoms with Crippen molar-refractivity contribution < 1.29 is 0 Å². The zero-order valence-corrected chi connectivity index (χ0v) is 30.5. The molecule has 0 radical (unpaired) electrons. The first-order chi connectivity index (χ1) is 24.4. The SMILES string of the molecule is C/C=C\c1ccccc1.CN.Cc1cc(CN)c2c(c1)Cc1ccccc1-2.Cc1ccccc1.Cc1ccccc1.NNCc1ccccc1. The third-order valence-corrected chi connectivity index (χ3v) is 7.52. The lowest BCUT2D eigenvalue weighted by atomic mass is 9.97. The van der Waals surface area contributed by atoms with E-state index in [-0.39, 0.29) is 0 Å². The Morgan fingerprint density at radius 1 is 0.580 bits per heavy atom. The van der Waals surface area contributed by atoms with Crippen molar-refractivity contribution in [2.45, 2.75) is 47.2 Å². The molecule has 0 aromatic heterocycles. The fourth-order valence-electron chi connectivity index (χ4n) is 5.25. The van der Waals surface area contributed by atoms with Gasteiger partial charge in [-0.3, -0.25) is 11.3 Å². The van der Waals surface area contributed by atoms with E-state index in [1.54, 1.807) is 0 Å². The number of hydrogen-bond acceptors (Lipinski definition) is 4. The van der Waals surface area contributed by atoms with E-state index in [0.29, 0.717) is 6.54 Å². The van der Waals surface area contributed by atoms with Crippen LogP contribution in [0.3, 0.4) is 0 Å². The van der Waals surface area contributed by atoms with Crippen LogP contribution in [0.5, 0.6) is 0 Å². The van der Waals surface area contributed by atoms with Gasteiger partial charge in [0, 0.05) is 13.1 Å². The van der Waals surface area contributed by atoms with E-state index in [9.17, 15) is 0 Å². The number of rotatable bonds is 4. The summed E-state index contributed by atoms with van der Waals surface area (Å²) < 4.78 is 0. The minimum atomic E-state index is 0.623. The van der Waals surface area contributed by atoms with Crippen LogP contribution in [0.25, 0.3) is 17.2 Å². The van der Waals surface area contributed by atoms with Crippen molar-refractivity contribution in [1.82, 2.24) is 5.43 Å². The predicted molar refractivity (Wildman–Crippen MR) is 218 cm³/mol. The van der Waals surface area contributed by atoms with Crippen LogP contribution in [0, 0.1) is 20.8 Å². The first kappa shape index (κ1) is 41.1. The Labute approximate surface area is 301 Å². The predicted octanol–water partition coefficient (Wildman–Crippen LogP) is 9.96. The second kappa shape index (κ2) is 25.0. The van der Waals surface area contributed by atoms with Crippen LogP contribution in [0.2, 0.25) is 0 Å². The number of allylic oxidation sites excluding steroid dienone is 1. The molecular formula is C46H56N4. The van der Waals surface area contributed by atoms with Crippen molar-refractivity contribution in [3.05, 3.63) is 208 Å². The van der Waals surface area contributed by atoms with Crippen molar-refractivity contribution in [2.75, 3.05) is 7.05 Å². The van der Waals surface area contributed by atoms with Gasteiger partial charge in [0.1, 0.15) is 0 Å². The molecule has 1 aliphatic rings. The molecule has 0 heterocycles. The number of benzene rings is 6. The van der Waals surface area contributed by atoms with Gasteiger partial charge < -0.3 is 11.5 Å². The van der Waals surface area contributed by atoms with Gasteiger partial charge in [-0.15, -0.1) is 0 Å². The van der Waals surface area contributed by atoms with Gasteiger partial charge in [0.25, 0.3) is 0 Å². The molecule has 7 rings (SSSR count). The van der Waals surface area contributed by atoms with Crippen LogP contribution < -0.4 is 22.7 Å². The Hall–Kier alpha value is -5.10. The van der Waals surface area contributed by atoms with Crippen LogP contribution in [-0.4, -0.2) is 7.05 Å². The van der Waals surface area contributed by atoms with E-state index in [2.05, 4.69) is 111 Å². The van der Waals surface area contributed by atoms with E-state index < -0.39 is 0 Å². The summed E-state index contributed by atoms with van der Waals surface area (Å²) in [5.41, 5.74) is 26.3. The van der Waals surface area contributed by atoms with Crippen molar-refractivity contribution >= 4 is 6.08 Å². The molecule has 6 aromatic rings. The monoisotopic (exact) mass is 664 g/mol. The maximum atomic E-state index is 5.85. The number of aryl methyl sites for hydroxylation is 3. The highest BCUT2D eigenvalue weighted by Crippen LogP contribution is 2.39. The van der Waals surface area contributed by atoms with Gasteiger partial charge in [0.15, 0.2) is 0 Å². The lowest BCUT2D eigenvalue weighted by Gasteiger charge is -2.09. The highest BCUT2D eigenvalue weighted by molar-refractivity contribution is 5.79. The summed E-state index contributed by atoms with van der Waals surface area (Å²) >= 11 is 0. The van der Waals surface area contributed by atoms with Crippen LogP contribution in [0.15, 0.2) is 164 Å². The van der Waals surface area contributed by atoms with Crippen molar-refractivity contribution in [3.8, 4) is 11.1 Å². The van der Waals surface area contributed by atoms with Gasteiger partial charge in [0.2, 0.25) is 0 Å². The third-order valence-electron chi connectivity index (χ3n) is 7.52. The number of fused-ring (bicyclic) bond motifs is 3. The zero-order chi connectivity index (χ0) is 36.4. The maximum absolute atomic E-state index is 5.85. The molecule has 7 N–H and O–H groups in total. The number of nitrogens with two attached hydrogens (primary N) is 3. The largest absolute Gasteiger partial charge is 0.333 e. The Bertz CT molecular complexity index is 1710. The van der Waals surface area contributed by atoms with Gasteiger partial charge in [-0.05, 0) is 80.1 Å². The van der Waals surface area contributed by atoms with E-state index in [0.717, 1.165) is 13.0 Å². The van der Waals surface area contributed by atoms with Crippen molar-refractivity contribution in [1.29, 1.82) is 0 Å². The molecule has 6 aromatic carbocycles. The lowest BCUT2D eigenvalue weighted by molar-refractivity contribution is 0.741.